The highest BCUT2D eigenvalue weighted by atomic mass is 127. The fraction of sp³-hybridized carbons (Fsp3) is 0.556. The third-order valence-electron chi connectivity index (χ3n) is 3.79. The van der Waals surface area contributed by atoms with Crippen LogP contribution in [0, 0.1) is 5.41 Å². The summed E-state index contributed by atoms with van der Waals surface area (Å²) in [5.41, 5.74) is 2.06. The van der Waals surface area contributed by atoms with Crippen LogP contribution >= 0.6 is 24.0 Å². The number of benzene rings is 1. The quantitative estimate of drug-likeness (QED) is 0.343. The SMILES string of the molecule is CCNC(=NCc1ccccc1CC)NCC(C)(C)C(=O)NC.I. The van der Waals surface area contributed by atoms with E-state index in [9.17, 15) is 4.79 Å². The molecule has 0 fully saturated rings. The summed E-state index contributed by atoms with van der Waals surface area (Å²) in [4.78, 5) is 16.5. The summed E-state index contributed by atoms with van der Waals surface area (Å²) < 4.78 is 0. The fourth-order valence-corrected chi connectivity index (χ4v) is 2.29. The Morgan fingerprint density at radius 2 is 1.75 bits per heavy atom. The smallest absolute Gasteiger partial charge is 0.227 e. The monoisotopic (exact) mass is 446 g/mol. The van der Waals surface area contributed by atoms with E-state index < -0.39 is 5.41 Å². The van der Waals surface area contributed by atoms with Crippen molar-refractivity contribution in [1.82, 2.24) is 16.0 Å². The van der Waals surface area contributed by atoms with Crippen LogP contribution in [0.3, 0.4) is 0 Å². The van der Waals surface area contributed by atoms with Crippen LogP contribution < -0.4 is 16.0 Å². The normalized spacial score (nSPS) is 11.5. The van der Waals surface area contributed by atoms with Gasteiger partial charge in [-0.15, -0.1) is 24.0 Å². The van der Waals surface area contributed by atoms with Gasteiger partial charge in [-0.3, -0.25) is 4.79 Å². The van der Waals surface area contributed by atoms with Crippen molar-refractivity contribution in [2.24, 2.45) is 10.4 Å². The van der Waals surface area contributed by atoms with Gasteiger partial charge in [0.15, 0.2) is 5.96 Å². The van der Waals surface area contributed by atoms with Crippen LogP contribution in [0.2, 0.25) is 0 Å². The van der Waals surface area contributed by atoms with E-state index in [1.807, 2.05) is 26.8 Å². The van der Waals surface area contributed by atoms with Gasteiger partial charge in [0.25, 0.3) is 0 Å². The molecular formula is C18H31IN4O. The second-order valence-corrected chi connectivity index (χ2v) is 6.13. The van der Waals surface area contributed by atoms with E-state index in [0.717, 1.165) is 18.9 Å². The van der Waals surface area contributed by atoms with E-state index >= 15 is 0 Å². The molecule has 1 rings (SSSR count). The Labute approximate surface area is 163 Å². The minimum Gasteiger partial charge on any atom is -0.359 e. The van der Waals surface area contributed by atoms with Crippen LogP contribution in [0.25, 0.3) is 0 Å². The van der Waals surface area contributed by atoms with E-state index in [2.05, 4.69) is 46.1 Å². The molecule has 0 saturated carbocycles. The lowest BCUT2D eigenvalue weighted by Gasteiger charge is -2.24. The minimum absolute atomic E-state index is 0. The third-order valence-corrected chi connectivity index (χ3v) is 3.79. The number of carbonyl (C=O) groups excluding carboxylic acids is 1. The maximum atomic E-state index is 11.9. The topological polar surface area (TPSA) is 65.5 Å². The fourth-order valence-electron chi connectivity index (χ4n) is 2.29. The molecule has 0 aliphatic rings. The molecule has 0 atom stereocenters. The van der Waals surface area contributed by atoms with Gasteiger partial charge in [0.05, 0.1) is 12.0 Å². The Morgan fingerprint density at radius 3 is 2.29 bits per heavy atom. The predicted octanol–water partition coefficient (Wildman–Crippen LogP) is 2.69. The van der Waals surface area contributed by atoms with Crippen molar-refractivity contribution in [3.63, 3.8) is 0 Å². The number of aryl methyl sites for hydroxylation is 1. The van der Waals surface area contributed by atoms with Crippen LogP contribution in [0.1, 0.15) is 38.8 Å². The number of halogens is 1. The van der Waals surface area contributed by atoms with Crippen LogP contribution in [0.5, 0.6) is 0 Å². The number of amides is 1. The lowest BCUT2D eigenvalue weighted by Crippen LogP contribution is -2.47. The maximum absolute atomic E-state index is 11.9. The van der Waals surface area contributed by atoms with Gasteiger partial charge >= 0.3 is 0 Å². The van der Waals surface area contributed by atoms with Crippen LogP contribution in [0.4, 0.5) is 0 Å². The molecule has 0 heterocycles. The summed E-state index contributed by atoms with van der Waals surface area (Å²) in [5.74, 6) is 0.743. The molecule has 1 aromatic rings. The van der Waals surface area contributed by atoms with Gasteiger partial charge in [0, 0.05) is 20.1 Å². The molecular weight excluding hydrogens is 415 g/mol. The first-order valence-corrected chi connectivity index (χ1v) is 8.25. The molecule has 1 amide bonds. The highest BCUT2D eigenvalue weighted by Gasteiger charge is 2.26. The first-order valence-electron chi connectivity index (χ1n) is 8.25. The Balaban J connectivity index is 0.00000529. The highest BCUT2D eigenvalue weighted by Crippen LogP contribution is 2.13. The maximum Gasteiger partial charge on any atom is 0.227 e. The van der Waals surface area contributed by atoms with Crippen molar-refractivity contribution in [2.75, 3.05) is 20.1 Å². The van der Waals surface area contributed by atoms with Crippen LogP contribution in [-0.2, 0) is 17.8 Å². The molecule has 6 heteroatoms. The molecule has 136 valence electrons. The molecule has 0 bridgehead atoms. The van der Waals surface area contributed by atoms with Gasteiger partial charge in [0.2, 0.25) is 5.91 Å². The number of nitrogens with one attached hydrogen (secondary N) is 3. The van der Waals surface area contributed by atoms with Gasteiger partial charge < -0.3 is 16.0 Å². The van der Waals surface area contributed by atoms with Gasteiger partial charge in [-0.25, -0.2) is 4.99 Å². The van der Waals surface area contributed by atoms with Crippen molar-refractivity contribution in [3.05, 3.63) is 35.4 Å². The third kappa shape index (κ3) is 7.07. The average Bonchev–Trinajstić information content (AvgIpc) is 2.56. The zero-order valence-electron chi connectivity index (χ0n) is 15.4. The lowest BCUT2D eigenvalue weighted by atomic mass is 9.92. The number of hydrogen-bond acceptors (Lipinski definition) is 2. The summed E-state index contributed by atoms with van der Waals surface area (Å²) in [6.07, 6.45) is 0.999. The Bertz CT molecular complexity index is 544. The highest BCUT2D eigenvalue weighted by molar-refractivity contribution is 14.0. The zero-order valence-corrected chi connectivity index (χ0v) is 17.7. The molecule has 0 aliphatic heterocycles. The van der Waals surface area contributed by atoms with Gasteiger partial charge in [-0.2, -0.15) is 0 Å². The molecule has 24 heavy (non-hydrogen) atoms. The summed E-state index contributed by atoms with van der Waals surface area (Å²) >= 11 is 0. The largest absolute Gasteiger partial charge is 0.359 e. The zero-order chi connectivity index (χ0) is 17.3. The second kappa shape index (κ2) is 11.3. The van der Waals surface area contributed by atoms with Crippen molar-refractivity contribution in [3.8, 4) is 0 Å². The summed E-state index contributed by atoms with van der Waals surface area (Å²) in [5, 5.41) is 9.18. The molecule has 1 aromatic carbocycles. The first-order chi connectivity index (χ1) is 10.9. The van der Waals surface area contributed by atoms with Gasteiger partial charge in [0.1, 0.15) is 0 Å². The van der Waals surface area contributed by atoms with E-state index in [4.69, 9.17) is 0 Å². The number of nitrogens with zero attached hydrogens (tertiary/aromatic N) is 1. The standard InChI is InChI=1S/C18H30N4O.HI/c1-6-14-10-8-9-11-15(14)12-21-17(20-7-2)22-13-18(3,4)16(23)19-5;/h8-11H,6-7,12-13H2,1-5H3,(H,19,23)(H2,20,21,22);1H. The Kier molecular flexibility index (Phi) is 10.7. The summed E-state index contributed by atoms with van der Waals surface area (Å²) in [6.45, 7) is 9.93. The van der Waals surface area contributed by atoms with E-state index in [0.29, 0.717) is 13.1 Å². The van der Waals surface area contributed by atoms with E-state index in [-0.39, 0.29) is 29.9 Å². The molecule has 0 aliphatic carbocycles. The van der Waals surface area contributed by atoms with Gasteiger partial charge in [-0.1, -0.05) is 31.2 Å². The molecule has 0 unspecified atom stereocenters. The second-order valence-electron chi connectivity index (χ2n) is 6.13. The summed E-state index contributed by atoms with van der Waals surface area (Å²) in [7, 11) is 1.66. The number of rotatable bonds is 7. The Morgan fingerprint density at radius 1 is 1.12 bits per heavy atom. The number of hydrogen-bond donors (Lipinski definition) is 3. The van der Waals surface area contributed by atoms with Crippen LogP contribution in [0.15, 0.2) is 29.3 Å². The molecule has 5 nitrogen and oxygen atoms in total. The summed E-state index contributed by atoms with van der Waals surface area (Å²) in [6, 6.07) is 8.35. The van der Waals surface area contributed by atoms with E-state index in [1.54, 1.807) is 7.05 Å². The molecule has 0 spiro atoms. The Hall–Kier alpha value is -1.31. The minimum atomic E-state index is -0.494. The number of guanidine groups is 1. The van der Waals surface area contributed by atoms with Crippen molar-refractivity contribution in [1.29, 1.82) is 0 Å². The average molecular weight is 446 g/mol. The molecule has 3 N–H and O–H groups in total. The van der Waals surface area contributed by atoms with E-state index in [1.165, 1.54) is 11.1 Å². The first kappa shape index (κ1) is 22.7. The number of carbonyl (C=O) groups is 1. The van der Waals surface area contributed by atoms with Crippen molar-refractivity contribution in [2.45, 2.75) is 40.7 Å². The van der Waals surface area contributed by atoms with Gasteiger partial charge in [-0.05, 0) is 38.3 Å². The van der Waals surface area contributed by atoms with Crippen molar-refractivity contribution >= 4 is 35.8 Å². The predicted molar refractivity (Wildman–Crippen MR) is 112 cm³/mol. The molecule has 0 radical (unpaired) electrons. The molecule has 0 saturated heterocycles. The van der Waals surface area contributed by atoms with Crippen LogP contribution in [-0.4, -0.2) is 32.0 Å². The lowest BCUT2D eigenvalue weighted by molar-refractivity contribution is -0.128. The molecule has 0 aromatic heterocycles. The number of aliphatic imine (C=N–C) groups is 1. The van der Waals surface area contributed by atoms with Crippen molar-refractivity contribution < 1.29 is 4.79 Å².